The topological polar surface area (TPSA) is 69.4 Å². The Morgan fingerprint density at radius 1 is 1.33 bits per heavy atom. The Labute approximate surface area is 101 Å². The first-order chi connectivity index (χ1) is 8.34. The summed E-state index contributed by atoms with van der Waals surface area (Å²) in [5, 5.41) is 0. The first-order valence-electron chi connectivity index (χ1n) is 4.91. The standard InChI is InChI=1S/C11H10F3NO3/c12-11(13,14)8-3-1-7(2-4-8)9(5-6-16)18-10(15)17/h1-4,6,9H,5H2,(H2,15,17). The molecule has 0 fully saturated rings. The van der Waals surface area contributed by atoms with Crippen LogP contribution in [0.3, 0.4) is 0 Å². The van der Waals surface area contributed by atoms with Gasteiger partial charge in [0.2, 0.25) is 0 Å². The van der Waals surface area contributed by atoms with Crippen LogP contribution in [0.5, 0.6) is 0 Å². The average molecular weight is 261 g/mol. The van der Waals surface area contributed by atoms with E-state index in [2.05, 4.69) is 4.74 Å². The van der Waals surface area contributed by atoms with Gasteiger partial charge < -0.3 is 15.3 Å². The number of primary amides is 1. The molecule has 0 spiro atoms. The molecule has 1 rings (SSSR count). The largest absolute Gasteiger partial charge is 0.441 e. The number of halogens is 3. The fourth-order valence-electron chi connectivity index (χ4n) is 1.37. The summed E-state index contributed by atoms with van der Waals surface area (Å²) in [5.74, 6) is 0. The van der Waals surface area contributed by atoms with E-state index in [0.717, 1.165) is 24.3 Å². The number of aldehydes is 1. The fraction of sp³-hybridized carbons (Fsp3) is 0.273. The molecule has 0 aliphatic rings. The predicted octanol–water partition coefficient (Wildman–Crippen LogP) is 2.43. The molecule has 2 N–H and O–H groups in total. The molecule has 0 bridgehead atoms. The van der Waals surface area contributed by atoms with Gasteiger partial charge in [-0.2, -0.15) is 13.2 Å². The first kappa shape index (κ1) is 14.0. The van der Waals surface area contributed by atoms with Crippen LogP contribution in [-0.4, -0.2) is 12.4 Å². The van der Waals surface area contributed by atoms with E-state index in [1.807, 2.05) is 0 Å². The molecule has 0 saturated carbocycles. The van der Waals surface area contributed by atoms with Gasteiger partial charge in [-0.15, -0.1) is 0 Å². The maximum Gasteiger partial charge on any atom is 0.416 e. The van der Waals surface area contributed by atoms with E-state index in [9.17, 15) is 22.8 Å². The lowest BCUT2D eigenvalue weighted by molar-refractivity contribution is -0.137. The Bertz CT molecular complexity index is 428. The van der Waals surface area contributed by atoms with Crippen LogP contribution in [0.15, 0.2) is 24.3 Å². The van der Waals surface area contributed by atoms with Gasteiger partial charge in [-0.3, -0.25) is 0 Å². The van der Waals surface area contributed by atoms with Crippen molar-refractivity contribution in [3.05, 3.63) is 35.4 Å². The molecule has 0 aliphatic heterocycles. The van der Waals surface area contributed by atoms with Crippen LogP contribution >= 0.6 is 0 Å². The van der Waals surface area contributed by atoms with Crippen molar-refractivity contribution in [2.45, 2.75) is 18.7 Å². The van der Waals surface area contributed by atoms with Crippen molar-refractivity contribution in [1.29, 1.82) is 0 Å². The number of rotatable bonds is 4. The molecule has 4 nitrogen and oxygen atoms in total. The Balaban J connectivity index is 2.93. The number of hydrogen-bond acceptors (Lipinski definition) is 3. The molecule has 0 heterocycles. The van der Waals surface area contributed by atoms with Crippen LogP contribution < -0.4 is 5.73 Å². The zero-order chi connectivity index (χ0) is 13.8. The average Bonchev–Trinajstić information content (AvgIpc) is 2.27. The van der Waals surface area contributed by atoms with E-state index in [1.54, 1.807) is 0 Å². The third kappa shape index (κ3) is 3.76. The summed E-state index contributed by atoms with van der Waals surface area (Å²) in [7, 11) is 0. The minimum absolute atomic E-state index is 0.172. The van der Waals surface area contributed by atoms with Crippen molar-refractivity contribution < 1.29 is 27.5 Å². The highest BCUT2D eigenvalue weighted by Crippen LogP contribution is 2.30. The summed E-state index contributed by atoms with van der Waals surface area (Å²) < 4.78 is 41.6. The van der Waals surface area contributed by atoms with E-state index in [-0.39, 0.29) is 12.0 Å². The Morgan fingerprint density at radius 2 is 1.89 bits per heavy atom. The normalized spacial score (nSPS) is 12.8. The van der Waals surface area contributed by atoms with Crippen molar-refractivity contribution in [3.63, 3.8) is 0 Å². The maximum absolute atomic E-state index is 12.3. The number of ether oxygens (including phenoxy) is 1. The minimum Gasteiger partial charge on any atom is -0.441 e. The number of carbonyl (C=O) groups excluding carboxylic acids is 2. The van der Waals surface area contributed by atoms with Crippen molar-refractivity contribution in [3.8, 4) is 0 Å². The van der Waals surface area contributed by atoms with Crippen LogP contribution in [-0.2, 0) is 15.7 Å². The van der Waals surface area contributed by atoms with E-state index in [0.29, 0.717) is 6.29 Å². The molecule has 7 heteroatoms. The summed E-state index contributed by atoms with van der Waals surface area (Å²) in [4.78, 5) is 21.0. The van der Waals surface area contributed by atoms with Gasteiger partial charge in [0.1, 0.15) is 12.4 Å². The van der Waals surface area contributed by atoms with Crippen molar-refractivity contribution >= 4 is 12.4 Å². The number of benzene rings is 1. The van der Waals surface area contributed by atoms with Crippen LogP contribution in [0.2, 0.25) is 0 Å². The number of carbonyl (C=O) groups is 2. The third-order valence-electron chi connectivity index (χ3n) is 2.18. The van der Waals surface area contributed by atoms with Crippen molar-refractivity contribution in [2.75, 3.05) is 0 Å². The van der Waals surface area contributed by atoms with Crippen LogP contribution in [0, 0.1) is 0 Å². The van der Waals surface area contributed by atoms with Crippen LogP contribution in [0.1, 0.15) is 23.7 Å². The van der Waals surface area contributed by atoms with Gasteiger partial charge in [0.25, 0.3) is 0 Å². The molecular formula is C11H10F3NO3. The van der Waals surface area contributed by atoms with Crippen LogP contribution in [0.4, 0.5) is 18.0 Å². The van der Waals surface area contributed by atoms with E-state index >= 15 is 0 Å². The summed E-state index contributed by atoms with van der Waals surface area (Å²) in [6.07, 6.45) is -6.19. The first-order valence-corrected chi connectivity index (χ1v) is 4.91. The van der Waals surface area contributed by atoms with Gasteiger partial charge in [-0.05, 0) is 17.7 Å². The number of nitrogens with two attached hydrogens (primary N) is 1. The second kappa shape index (κ2) is 5.52. The van der Waals surface area contributed by atoms with E-state index in [4.69, 9.17) is 5.73 Å². The van der Waals surface area contributed by atoms with Gasteiger partial charge in [0, 0.05) is 6.42 Å². The highest BCUT2D eigenvalue weighted by molar-refractivity contribution is 5.65. The molecule has 0 aromatic heterocycles. The quantitative estimate of drug-likeness (QED) is 0.846. The number of alkyl halides is 3. The van der Waals surface area contributed by atoms with Crippen molar-refractivity contribution in [2.24, 2.45) is 5.73 Å². The molecule has 0 saturated heterocycles. The van der Waals surface area contributed by atoms with Gasteiger partial charge >= 0.3 is 12.3 Å². The van der Waals surface area contributed by atoms with E-state index in [1.165, 1.54) is 0 Å². The third-order valence-corrected chi connectivity index (χ3v) is 2.18. The molecule has 0 aliphatic carbocycles. The molecule has 1 amide bonds. The minimum atomic E-state index is -4.44. The zero-order valence-electron chi connectivity index (χ0n) is 9.11. The summed E-state index contributed by atoms with van der Waals surface area (Å²) >= 11 is 0. The molecular weight excluding hydrogens is 251 g/mol. The lowest BCUT2D eigenvalue weighted by Crippen LogP contribution is -2.18. The van der Waals surface area contributed by atoms with Crippen molar-refractivity contribution in [1.82, 2.24) is 0 Å². The summed E-state index contributed by atoms with van der Waals surface area (Å²) in [5.41, 5.74) is 4.25. The maximum atomic E-state index is 12.3. The molecule has 18 heavy (non-hydrogen) atoms. The molecule has 1 atom stereocenters. The molecule has 1 unspecified atom stereocenters. The SMILES string of the molecule is NC(=O)OC(CC=O)c1ccc(C(F)(F)F)cc1. The highest BCUT2D eigenvalue weighted by atomic mass is 19.4. The smallest absolute Gasteiger partial charge is 0.416 e. The molecule has 1 aromatic rings. The van der Waals surface area contributed by atoms with Gasteiger partial charge in [-0.1, -0.05) is 12.1 Å². The monoisotopic (exact) mass is 261 g/mol. The molecule has 98 valence electrons. The fourth-order valence-corrected chi connectivity index (χ4v) is 1.37. The Kier molecular flexibility index (Phi) is 4.30. The summed E-state index contributed by atoms with van der Waals surface area (Å²) in [6.45, 7) is 0. The molecule has 1 aromatic carbocycles. The van der Waals surface area contributed by atoms with Gasteiger partial charge in [0.15, 0.2) is 0 Å². The lowest BCUT2D eigenvalue weighted by atomic mass is 10.0. The Hall–Kier alpha value is -2.05. The van der Waals surface area contributed by atoms with Crippen LogP contribution in [0.25, 0.3) is 0 Å². The second-order valence-electron chi connectivity index (χ2n) is 3.45. The molecule has 0 radical (unpaired) electrons. The second-order valence-corrected chi connectivity index (χ2v) is 3.45. The Morgan fingerprint density at radius 3 is 2.28 bits per heavy atom. The lowest BCUT2D eigenvalue weighted by Gasteiger charge is -2.15. The zero-order valence-corrected chi connectivity index (χ0v) is 9.11. The number of hydrogen-bond donors (Lipinski definition) is 1. The van der Waals surface area contributed by atoms with Gasteiger partial charge in [0.05, 0.1) is 5.56 Å². The van der Waals surface area contributed by atoms with E-state index < -0.39 is 23.9 Å². The highest BCUT2D eigenvalue weighted by Gasteiger charge is 2.30. The summed E-state index contributed by atoms with van der Waals surface area (Å²) in [6, 6.07) is 3.97. The predicted molar refractivity (Wildman–Crippen MR) is 55.5 cm³/mol. The number of amides is 1. The van der Waals surface area contributed by atoms with Gasteiger partial charge in [-0.25, -0.2) is 4.79 Å².